The van der Waals surface area contributed by atoms with Crippen molar-refractivity contribution in [2.45, 2.75) is 19.3 Å². The van der Waals surface area contributed by atoms with Crippen molar-refractivity contribution in [2.24, 2.45) is 0 Å². The van der Waals surface area contributed by atoms with E-state index in [0.717, 1.165) is 5.39 Å². The summed E-state index contributed by atoms with van der Waals surface area (Å²) >= 11 is 0. The van der Waals surface area contributed by atoms with Gasteiger partial charge in [-0.3, -0.25) is 4.68 Å². The minimum absolute atomic E-state index is 0.493. The molecule has 0 fully saturated rings. The van der Waals surface area contributed by atoms with Crippen LogP contribution in [0.15, 0.2) is 42.7 Å². The summed E-state index contributed by atoms with van der Waals surface area (Å²) in [5.74, 6) is 0. The molecule has 3 aromatic rings. The number of ether oxygens (including phenoxy) is 1. The molecule has 0 bridgehead atoms. The van der Waals surface area contributed by atoms with Crippen LogP contribution in [0.2, 0.25) is 0 Å². The van der Waals surface area contributed by atoms with Crippen LogP contribution < -0.4 is 0 Å². The van der Waals surface area contributed by atoms with Crippen molar-refractivity contribution >= 4 is 10.9 Å². The Hall–Kier alpha value is -2.28. The first kappa shape index (κ1) is 15.6. The van der Waals surface area contributed by atoms with Crippen molar-refractivity contribution in [3.63, 3.8) is 0 Å². The number of methoxy groups -OCH3 is 1. The highest BCUT2D eigenvalue weighted by atomic mass is 19.4. The zero-order valence-electron chi connectivity index (χ0n) is 12.5. The highest BCUT2D eigenvalue weighted by Crippen LogP contribution is 2.31. The van der Waals surface area contributed by atoms with Gasteiger partial charge in [0.25, 0.3) is 0 Å². The van der Waals surface area contributed by atoms with Crippen LogP contribution in [0, 0.1) is 0 Å². The van der Waals surface area contributed by atoms with Gasteiger partial charge in [-0.25, -0.2) is 0 Å². The Morgan fingerprint density at radius 2 is 2.00 bits per heavy atom. The van der Waals surface area contributed by atoms with E-state index in [1.807, 2.05) is 6.07 Å². The van der Waals surface area contributed by atoms with Crippen LogP contribution in [0.4, 0.5) is 13.2 Å². The monoisotopic (exact) mass is 323 g/mol. The van der Waals surface area contributed by atoms with Gasteiger partial charge in [-0.2, -0.15) is 18.3 Å². The van der Waals surface area contributed by atoms with Crippen LogP contribution in [0.25, 0.3) is 22.2 Å². The second kappa shape index (κ2) is 6.08. The minimum atomic E-state index is -4.29. The number of hydrogen-bond acceptors (Lipinski definition) is 2. The van der Waals surface area contributed by atoms with Crippen molar-refractivity contribution < 1.29 is 17.9 Å². The van der Waals surface area contributed by atoms with E-state index in [2.05, 4.69) is 5.10 Å². The Labute approximate surface area is 131 Å². The lowest BCUT2D eigenvalue weighted by atomic mass is 10.2. The van der Waals surface area contributed by atoms with Crippen molar-refractivity contribution in [1.29, 1.82) is 0 Å². The van der Waals surface area contributed by atoms with Crippen LogP contribution in [-0.4, -0.2) is 34.2 Å². The van der Waals surface area contributed by atoms with Crippen LogP contribution in [0.5, 0.6) is 0 Å². The summed E-state index contributed by atoms with van der Waals surface area (Å²) in [5.41, 5.74) is 1.72. The molecule has 0 saturated heterocycles. The van der Waals surface area contributed by atoms with E-state index in [4.69, 9.17) is 4.74 Å². The third-order valence-electron chi connectivity index (χ3n) is 3.60. The molecule has 0 aliphatic carbocycles. The van der Waals surface area contributed by atoms with E-state index < -0.39 is 12.7 Å². The van der Waals surface area contributed by atoms with Gasteiger partial charge in [0, 0.05) is 29.8 Å². The fraction of sp³-hybridized carbons (Fsp3) is 0.312. The molecule has 3 rings (SSSR count). The van der Waals surface area contributed by atoms with Gasteiger partial charge >= 0.3 is 6.18 Å². The molecular formula is C16H16F3N3O. The van der Waals surface area contributed by atoms with Gasteiger partial charge < -0.3 is 9.30 Å². The largest absolute Gasteiger partial charge is 0.406 e. The van der Waals surface area contributed by atoms with Crippen LogP contribution in [-0.2, 0) is 17.8 Å². The molecule has 0 radical (unpaired) electrons. The maximum atomic E-state index is 13.0. The lowest BCUT2D eigenvalue weighted by Gasteiger charge is -2.12. The number of para-hydroxylation sites is 1. The van der Waals surface area contributed by atoms with Crippen molar-refractivity contribution in [2.75, 3.05) is 13.7 Å². The molecular weight excluding hydrogens is 307 g/mol. The molecule has 0 saturated carbocycles. The molecule has 0 unspecified atom stereocenters. The van der Waals surface area contributed by atoms with Gasteiger partial charge in [0.1, 0.15) is 6.54 Å². The molecule has 0 N–H and O–H groups in total. The molecule has 1 aromatic carbocycles. The second-order valence-electron chi connectivity index (χ2n) is 5.27. The van der Waals surface area contributed by atoms with Crippen molar-refractivity contribution in [1.82, 2.24) is 14.3 Å². The first-order valence-electron chi connectivity index (χ1n) is 7.15. The molecule has 0 amide bonds. The van der Waals surface area contributed by atoms with Gasteiger partial charge in [-0.15, -0.1) is 0 Å². The SMILES string of the molecule is COCCn1cc(-c2cc3ccccc3n2CC(F)(F)F)cn1. The summed E-state index contributed by atoms with van der Waals surface area (Å²) in [5, 5.41) is 4.95. The van der Waals surface area contributed by atoms with E-state index in [9.17, 15) is 13.2 Å². The summed E-state index contributed by atoms with van der Waals surface area (Å²) in [6.45, 7) is 0.0156. The van der Waals surface area contributed by atoms with Crippen LogP contribution in [0.3, 0.4) is 0 Å². The van der Waals surface area contributed by atoms with E-state index in [-0.39, 0.29) is 0 Å². The lowest BCUT2D eigenvalue weighted by Crippen LogP contribution is -2.18. The smallest absolute Gasteiger partial charge is 0.383 e. The maximum absolute atomic E-state index is 13.0. The predicted molar refractivity (Wildman–Crippen MR) is 81.1 cm³/mol. The summed E-state index contributed by atoms with van der Waals surface area (Å²) in [6.07, 6.45) is -0.973. The highest BCUT2D eigenvalue weighted by Gasteiger charge is 2.30. The topological polar surface area (TPSA) is 32.0 Å². The highest BCUT2D eigenvalue weighted by molar-refractivity contribution is 5.86. The molecule has 4 nitrogen and oxygen atoms in total. The summed E-state index contributed by atoms with van der Waals surface area (Å²) in [6, 6.07) is 8.81. The molecule has 2 aromatic heterocycles. The van der Waals surface area contributed by atoms with Gasteiger partial charge in [-0.05, 0) is 12.1 Å². The fourth-order valence-electron chi connectivity index (χ4n) is 2.60. The number of rotatable bonds is 5. The first-order valence-corrected chi connectivity index (χ1v) is 7.15. The van der Waals surface area contributed by atoms with E-state index in [1.165, 1.54) is 4.57 Å². The van der Waals surface area contributed by atoms with Gasteiger partial charge in [-0.1, -0.05) is 18.2 Å². The Balaban J connectivity index is 2.05. The zero-order valence-corrected chi connectivity index (χ0v) is 12.5. The van der Waals surface area contributed by atoms with Gasteiger partial charge in [0.2, 0.25) is 0 Å². The number of benzene rings is 1. The normalized spacial score (nSPS) is 12.2. The Morgan fingerprint density at radius 3 is 2.74 bits per heavy atom. The van der Waals surface area contributed by atoms with E-state index >= 15 is 0 Å². The van der Waals surface area contributed by atoms with E-state index in [0.29, 0.717) is 29.9 Å². The fourth-order valence-corrected chi connectivity index (χ4v) is 2.60. The lowest BCUT2D eigenvalue weighted by molar-refractivity contribution is -0.139. The minimum Gasteiger partial charge on any atom is -0.383 e. The summed E-state index contributed by atoms with van der Waals surface area (Å²) in [7, 11) is 1.59. The van der Waals surface area contributed by atoms with E-state index in [1.54, 1.807) is 48.5 Å². The number of halogens is 3. The maximum Gasteiger partial charge on any atom is 0.406 e. The standard InChI is InChI=1S/C16H16F3N3O/c1-23-7-6-21-10-13(9-20-21)15-8-12-4-2-3-5-14(12)22(15)11-16(17,18)19/h2-5,8-10H,6-7,11H2,1H3. The van der Waals surface area contributed by atoms with Crippen molar-refractivity contribution in [3.05, 3.63) is 42.7 Å². The second-order valence-corrected chi connectivity index (χ2v) is 5.27. The van der Waals surface area contributed by atoms with Crippen LogP contribution >= 0.6 is 0 Å². The molecule has 122 valence electrons. The van der Waals surface area contributed by atoms with Crippen molar-refractivity contribution in [3.8, 4) is 11.3 Å². The number of aromatic nitrogens is 3. The number of fused-ring (bicyclic) bond motifs is 1. The molecule has 2 heterocycles. The number of hydrogen-bond donors (Lipinski definition) is 0. The molecule has 23 heavy (non-hydrogen) atoms. The average Bonchev–Trinajstić information content (AvgIpc) is 3.09. The number of alkyl halides is 3. The molecule has 7 heteroatoms. The Morgan fingerprint density at radius 1 is 1.22 bits per heavy atom. The Bertz CT molecular complexity index is 804. The quantitative estimate of drug-likeness (QED) is 0.717. The third-order valence-corrected chi connectivity index (χ3v) is 3.60. The first-order chi connectivity index (χ1) is 11.0. The number of nitrogens with zero attached hydrogens (tertiary/aromatic N) is 3. The zero-order chi connectivity index (χ0) is 16.4. The van der Waals surface area contributed by atoms with Crippen LogP contribution in [0.1, 0.15) is 0 Å². The Kier molecular flexibility index (Phi) is 4.12. The third kappa shape index (κ3) is 3.39. The van der Waals surface area contributed by atoms with Gasteiger partial charge in [0.05, 0.1) is 25.0 Å². The average molecular weight is 323 g/mol. The molecule has 0 aliphatic rings. The summed E-state index contributed by atoms with van der Waals surface area (Å²) < 4.78 is 46.8. The predicted octanol–water partition coefficient (Wildman–Crippen LogP) is 3.71. The van der Waals surface area contributed by atoms with Gasteiger partial charge in [0.15, 0.2) is 0 Å². The molecule has 0 aliphatic heterocycles. The molecule has 0 spiro atoms. The molecule has 0 atom stereocenters. The summed E-state index contributed by atoms with van der Waals surface area (Å²) in [4.78, 5) is 0.